The molecule has 158 valence electrons. The standard InChI is InChI=1S/C21H19N5O4S/c1-14(26-20(28)9-6-15(24-26)17-4-2-12-30-17)21(29)22-10-11-25-19(27)8-7-16(23-25)18-5-3-13-31-18/h2-9,12-14H,10-11H2,1H3,(H,22,29). The number of hydrogen-bond donors (Lipinski definition) is 1. The van der Waals surface area contributed by atoms with Crippen molar-refractivity contribution in [3.05, 3.63) is 80.9 Å². The number of aromatic nitrogens is 4. The molecular weight excluding hydrogens is 418 g/mol. The van der Waals surface area contributed by atoms with E-state index in [1.54, 1.807) is 31.2 Å². The molecular formula is C21H19N5O4S. The molecule has 31 heavy (non-hydrogen) atoms. The van der Waals surface area contributed by atoms with E-state index in [9.17, 15) is 14.4 Å². The second-order valence-corrected chi connectivity index (χ2v) is 7.65. The minimum Gasteiger partial charge on any atom is -0.463 e. The summed E-state index contributed by atoms with van der Waals surface area (Å²) >= 11 is 1.53. The molecule has 0 radical (unpaired) electrons. The minimum absolute atomic E-state index is 0.177. The Kier molecular flexibility index (Phi) is 5.89. The van der Waals surface area contributed by atoms with Crippen molar-refractivity contribution in [2.24, 2.45) is 0 Å². The summed E-state index contributed by atoms with van der Waals surface area (Å²) in [7, 11) is 0. The third-order valence-electron chi connectivity index (χ3n) is 4.61. The molecule has 4 heterocycles. The Balaban J connectivity index is 1.43. The van der Waals surface area contributed by atoms with E-state index in [0.29, 0.717) is 17.1 Å². The highest BCUT2D eigenvalue weighted by Gasteiger charge is 2.18. The summed E-state index contributed by atoms with van der Waals surface area (Å²) in [5.41, 5.74) is 0.483. The Hall–Kier alpha value is -3.79. The number of carbonyl (C=O) groups excluding carboxylic acids is 1. The normalized spacial score (nSPS) is 11.9. The number of nitrogens with one attached hydrogen (secondary N) is 1. The van der Waals surface area contributed by atoms with Gasteiger partial charge in [0.25, 0.3) is 11.1 Å². The first-order chi connectivity index (χ1) is 15.0. The molecule has 1 atom stereocenters. The molecule has 10 heteroatoms. The van der Waals surface area contributed by atoms with Gasteiger partial charge in [-0.3, -0.25) is 14.4 Å². The lowest BCUT2D eigenvalue weighted by Crippen LogP contribution is -2.39. The molecule has 9 nitrogen and oxygen atoms in total. The van der Waals surface area contributed by atoms with Crippen molar-refractivity contribution in [2.75, 3.05) is 6.54 Å². The molecule has 0 aliphatic carbocycles. The monoisotopic (exact) mass is 437 g/mol. The summed E-state index contributed by atoms with van der Waals surface area (Å²) in [5, 5.41) is 13.3. The second kappa shape index (κ2) is 8.92. The summed E-state index contributed by atoms with van der Waals surface area (Å²) in [5.74, 6) is 0.103. The molecule has 0 aliphatic heterocycles. The summed E-state index contributed by atoms with van der Waals surface area (Å²) in [6.07, 6.45) is 1.51. The molecule has 0 saturated carbocycles. The largest absolute Gasteiger partial charge is 0.463 e. The van der Waals surface area contributed by atoms with E-state index in [4.69, 9.17) is 4.42 Å². The lowest BCUT2D eigenvalue weighted by atomic mass is 10.3. The van der Waals surface area contributed by atoms with Crippen LogP contribution in [0.15, 0.2) is 74.2 Å². The second-order valence-electron chi connectivity index (χ2n) is 6.70. The van der Waals surface area contributed by atoms with Gasteiger partial charge in [-0.2, -0.15) is 10.2 Å². The number of amides is 1. The molecule has 0 bridgehead atoms. The molecule has 0 aromatic carbocycles. The number of thiophene rings is 1. The minimum atomic E-state index is -0.843. The van der Waals surface area contributed by atoms with Gasteiger partial charge in [-0.15, -0.1) is 11.3 Å². The van der Waals surface area contributed by atoms with Crippen LogP contribution in [-0.4, -0.2) is 32.0 Å². The van der Waals surface area contributed by atoms with Crippen molar-refractivity contribution in [3.63, 3.8) is 0 Å². The van der Waals surface area contributed by atoms with Gasteiger partial charge in [-0.25, -0.2) is 9.36 Å². The van der Waals surface area contributed by atoms with Crippen molar-refractivity contribution < 1.29 is 9.21 Å². The first kappa shape index (κ1) is 20.5. The Morgan fingerprint density at radius 1 is 1.06 bits per heavy atom. The molecule has 1 unspecified atom stereocenters. The Morgan fingerprint density at radius 2 is 1.87 bits per heavy atom. The van der Waals surface area contributed by atoms with Gasteiger partial charge in [-0.1, -0.05) is 6.07 Å². The fourth-order valence-electron chi connectivity index (χ4n) is 2.97. The van der Waals surface area contributed by atoms with Gasteiger partial charge in [0.05, 0.1) is 17.7 Å². The van der Waals surface area contributed by atoms with Gasteiger partial charge >= 0.3 is 0 Å². The van der Waals surface area contributed by atoms with Gasteiger partial charge < -0.3 is 9.73 Å². The lowest BCUT2D eigenvalue weighted by Gasteiger charge is -2.15. The van der Waals surface area contributed by atoms with Crippen LogP contribution in [0.25, 0.3) is 22.0 Å². The van der Waals surface area contributed by atoms with Gasteiger partial charge in [0.15, 0.2) is 5.76 Å². The SMILES string of the molecule is CC(C(=O)NCCn1nc(-c2cccs2)ccc1=O)n1nc(-c2ccco2)ccc1=O. The van der Waals surface area contributed by atoms with E-state index in [2.05, 4.69) is 15.5 Å². The van der Waals surface area contributed by atoms with Crippen LogP contribution in [0, 0.1) is 0 Å². The smallest absolute Gasteiger partial charge is 0.267 e. The van der Waals surface area contributed by atoms with Crippen molar-refractivity contribution in [1.29, 1.82) is 0 Å². The van der Waals surface area contributed by atoms with Crippen LogP contribution in [0.3, 0.4) is 0 Å². The maximum absolute atomic E-state index is 12.6. The highest BCUT2D eigenvalue weighted by atomic mass is 32.1. The quantitative estimate of drug-likeness (QED) is 0.474. The topological polar surface area (TPSA) is 112 Å². The van der Waals surface area contributed by atoms with E-state index in [-0.39, 0.29) is 18.6 Å². The van der Waals surface area contributed by atoms with Gasteiger partial charge in [-0.05, 0) is 42.6 Å². The maximum Gasteiger partial charge on any atom is 0.267 e. The van der Waals surface area contributed by atoms with Crippen LogP contribution >= 0.6 is 11.3 Å². The van der Waals surface area contributed by atoms with Crippen molar-refractivity contribution in [3.8, 4) is 22.0 Å². The average Bonchev–Trinajstić information content (AvgIpc) is 3.49. The lowest BCUT2D eigenvalue weighted by molar-refractivity contribution is -0.124. The Morgan fingerprint density at radius 3 is 2.61 bits per heavy atom. The first-order valence-electron chi connectivity index (χ1n) is 9.56. The summed E-state index contributed by atoms with van der Waals surface area (Å²) < 4.78 is 7.71. The van der Waals surface area contributed by atoms with Crippen molar-refractivity contribution >= 4 is 17.2 Å². The predicted molar refractivity (Wildman–Crippen MR) is 116 cm³/mol. The third-order valence-corrected chi connectivity index (χ3v) is 5.50. The zero-order chi connectivity index (χ0) is 21.8. The number of rotatable bonds is 7. The van der Waals surface area contributed by atoms with Gasteiger partial charge in [0.1, 0.15) is 17.4 Å². The molecule has 1 N–H and O–H groups in total. The van der Waals surface area contributed by atoms with E-state index >= 15 is 0 Å². The van der Waals surface area contributed by atoms with Crippen molar-refractivity contribution in [1.82, 2.24) is 24.9 Å². The average molecular weight is 437 g/mol. The van der Waals surface area contributed by atoms with Crippen LogP contribution in [0.4, 0.5) is 0 Å². The number of carbonyl (C=O) groups is 1. The molecule has 0 aliphatic rings. The molecule has 0 spiro atoms. The van der Waals surface area contributed by atoms with Crippen LogP contribution in [0.1, 0.15) is 13.0 Å². The molecule has 1 amide bonds. The molecule has 4 rings (SSSR count). The van der Waals surface area contributed by atoms with E-state index in [1.165, 1.54) is 34.4 Å². The fourth-order valence-corrected chi connectivity index (χ4v) is 3.66. The molecule has 4 aromatic heterocycles. The van der Waals surface area contributed by atoms with Crippen LogP contribution in [0.2, 0.25) is 0 Å². The Labute approximate surface area is 180 Å². The highest BCUT2D eigenvalue weighted by Crippen LogP contribution is 2.21. The zero-order valence-corrected chi connectivity index (χ0v) is 17.4. The Bertz CT molecular complexity index is 1290. The number of nitrogens with zero attached hydrogens (tertiary/aromatic N) is 4. The first-order valence-corrected chi connectivity index (χ1v) is 10.4. The van der Waals surface area contributed by atoms with Gasteiger partial charge in [0, 0.05) is 18.7 Å². The summed E-state index contributed by atoms with van der Waals surface area (Å²) in [4.78, 5) is 37.8. The number of furan rings is 1. The molecule has 0 fully saturated rings. The zero-order valence-electron chi connectivity index (χ0n) is 16.6. The number of hydrogen-bond acceptors (Lipinski definition) is 7. The van der Waals surface area contributed by atoms with E-state index in [1.807, 2.05) is 17.5 Å². The van der Waals surface area contributed by atoms with Crippen LogP contribution in [-0.2, 0) is 11.3 Å². The van der Waals surface area contributed by atoms with Gasteiger partial charge in [0.2, 0.25) is 5.91 Å². The van der Waals surface area contributed by atoms with E-state index < -0.39 is 17.5 Å². The molecule has 0 saturated heterocycles. The van der Waals surface area contributed by atoms with E-state index in [0.717, 1.165) is 9.56 Å². The summed E-state index contributed by atoms with van der Waals surface area (Å²) in [6, 6.07) is 12.4. The predicted octanol–water partition coefficient (Wildman–Crippen LogP) is 2.17. The maximum atomic E-state index is 12.6. The van der Waals surface area contributed by atoms with Crippen LogP contribution in [0.5, 0.6) is 0 Å². The van der Waals surface area contributed by atoms with Crippen LogP contribution < -0.4 is 16.4 Å². The highest BCUT2D eigenvalue weighted by molar-refractivity contribution is 7.13. The molecule has 4 aromatic rings. The third kappa shape index (κ3) is 4.53. The summed E-state index contributed by atoms with van der Waals surface area (Å²) in [6.45, 7) is 1.96. The fraction of sp³-hybridized carbons (Fsp3) is 0.190. The van der Waals surface area contributed by atoms with Crippen molar-refractivity contribution in [2.45, 2.75) is 19.5 Å².